The number of carbonyl (C=O) groups is 1. The lowest BCUT2D eigenvalue weighted by molar-refractivity contribution is -0.116. The maximum Gasteiger partial charge on any atom is 0.155 e. The molecule has 0 heterocycles. The van der Waals surface area contributed by atoms with Gasteiger partial charge in [-0.05, 0) is 76.2 Å². The van der Waals surface area contributed by atoms with Crippen molar-refractivity contribution in [1.29, 1.82) is 0 Å². The lowest BCUT2D eigenvalue weighted by Crippen LogP contribution is -2.48. The molecule has 0 spiro atoms. The van der Waals surface area contributed by atoms with E-state index in [1.54, 1.807) is 0 Å². The highest BCUT2D eigenvalue weighted by atomic mass is 16.5. The second-order valence-corrected chi connectivity index (χ2v) is 8.00. The van der Waals surface area contributed by atoms with Gasteiger partial charge < -0.3 is 4.74 Å². The molecule has 0 saturated heterocycles. The number of methoxy groups -OCH3 is 1. The molecule has 0 aromatic carbocycles. The number of ether oxygens (including phenoxy) is 1. The summed E-state index contributed by atoms with van der Waals surface area (Å²) in [5.41, 5.74) is 1.81. The van der Waals surface area contributed by atoms with E-state index in [0.29, 0.717) is 11.8 Å². The SMILES string of the molecule is CCC(=O)/C=C(/CC)C[C@H]1CC[C@@]2(CC)[C@@H](CC[C@]2(C)OC)C1. The molecule has 0 N–H and O–H groups in total. The highest BCUT2D eigenvalue weighted by Crippen LogP contribution is 2.62. The lowest BCUT2D eigenvalue weighted by atomic mass is 9.58. The Morgan fingerprint density at radius 1 is 1.17 bits per heavy atom. The Morgan fingerprint density at radius 2 is 1.91 bits per heavy atom. The minimum absolute atomic E-state index is 0.0684. The molecule has 2 aliphatic rings. The van der Waals surface area contributed by atoms with E-state index >= 15 is 0 Å². The van der Waals surface area contributed by atoms with Gasteiger partial charge in [-0.15, -0.1) is 0 Å². The van der Waals surface area contributed by atoms with Crippen molar-refractivity contribution in [3.63, 3.8) is 0 Å². The van der Waals surface area contributed by atoms with Crippen LogP contribution in [0.3, 0.4) is 0 Å². The van der Waals surface area contributed by atoms with Gasteiger partial charge in [-0.25, -0.2) is 0 Å². The normalized spacial score (nSPS) is 37.7. The second kappa shape index (κ2) is 7.51. The van der Waals surface area contributed by atoms with Crippen LogP contribution in [0.4, 0.5) is 0 Å². The Bertz CT molecular complexity index is 453. The Kier molecular flexibility index (Phi) is 6.10. The zero-order valence-corrected chi connectivity index (χ0v) is 15.9. The molecule has 0 amide bonds. The summed E-state index contributed by atoms with van der Waals surface area (Å²) in [6.07, 6.45) is 12.4. The molecular formula is C21H36O2. The first-order chi connectivity index (χ1) is 10.9. The molecule has 4 atom stereocenters. The van der Waals surface area contributed by atoms with Crippen molar-refractivity contribution < 1.29 is 9.53 Å². The van der Waals surface area contributed by atoms with Crippen LogP contribution >= 0.6 is 0 Å². The van der Waals surface area contributed by atoms with Crippen LogP contribution in [0.25, 0.3) is 0 Å². The third kappa shape index (κ3) is 3.43. The summed E-state index contributed by atoms with van der Waals surface area (Å²) >= 11 is 0. The number of fused-ring (bicyclic) bond motifs is 1. The van der Waals surface area contributed by atoms with Crippen molar-refractivity contribution in [1.82, 2.24) is 0 Å². The van der Waals surface area contributed by atoms with E-state index in [1.807, 2.05) is 20.1 Å². The first-order valence-electron chi connectivity index (χ1n) is 9.72. The van der Waals surface area contributed by atoms with Gasteiger partial charge in [-0.1, -0.05) is 26.3 Å². The first kappa shape index (κ1) is 18.7. The molecule has 2 heteroatoms. The molecule has 0 radical (unpaired) electrons. The van der Waals surface area contributed by atoms with Crippen LogP contribution in [0.1, 0.15) is 85.5 Å². The van der Waals surface area contributed by atoms with Crippen molar-refractivity contribution in [3.05, 3.63) is 11.6 Å². The largest absolute Gasteiger partial charge is 0.378 e. The van der Waals surface area contributed by atoms with Gasteiger partial charge in [0.25, 0.3) is 0 Å². The molecule has 0 bridgehead atoms. The van der Waals surface area contributed by atoms with Crippen LogP contribution in [-0.2, 0) is 9.53 Å². The van der Waals surface area contributed by atoms with Gasteiger partial charge in [-0.3, -0.25) is 4.79 Å². The van der Waals surface area contributed by atoms with E-state index in [2.05, 4.69) is 20.8 Å². The van der Waals surface area contributed by atoms with Gasteiger partial charge in [0, 0.05) is 18.9 Å². The van der Waals surface area contributed by atoms with Gasteiger partial charge in [-0.2, -0.15) is 0 Å². The van der Waals surface area contributed by atoms with Gasteiger partial charge >= 0.3 is 0 Å². The molecule has 0 aromatic heterocycles. The summed E-state index contributed by atoms with van der Waals surface area (Å²) < 4.78 is 6.01. The van der Waals surface area contributed by atoms with Crippen LogP contribution in [0.2, 0.25) is 0 Å². The number of rotatable bonds is 7. The second-order valence-electron chi connectivity index (χ2n) is 8.00. The number of hydrogen-bond acceptors (Lipinski definition) is 2. The highest BCUT2D eigenvalue weighted by molar-refractivity contribution is 5.89. The van der Waals surface area contributed by atoms with Crippen molar-refractivity contribution in [3.8, 4) is 0 Å². The van der Waals surface area contributed by atoms with Gasteiger partial charge in [0.15, 0.2) is 5.78 Å². The number of hydrogen-bond donors (Lipinski definition) is 0. The van der Waals surface area contributed by atoms with Crippen molar-refractivity contribution >= 4 is 5.78 Å². The maximum absolute atomic E-state index is 11.7. The van der Waals surface area contributed by atoms with E-state index in [-0.39, 0.29) is 11.4 Å². The van der Waals surface area contributed by atoms with E-state index < -0.39 is 0 Å². The van der Waals surface area contributed by atoms with E-state index in [0.717, 1.165) is 24.7 Å². The molecule has 2 nitrogen and oxygen atoms in total. The fourth-order valence-electron chi connectivity index (χ4n) is 5.54. The third-order valence-electron chi connectivity index (χ3n) is 7.22. The number of allylic oxidation sites excluding steroid dienone is 2. The molecule has 0 aliphatic heterocycles. The Labute approximate surface area is 143 Å². The quantitative estimate of drug-likeness (QED) is 0.562. The van der Waals surface area contributed by atoms with Gasteiger partial charge in [0.2, 0.25) is 0 Å². The summed E-state index contributed by atoms with van der Waals surface area (Å²) in [5, 5.41) is 0. The molecule has 2 rings (SSSR count). The maximum atomic E-state index is 11.7. The number of carbonyl (C=O) groups excluding carboxylic acids is 1. The Balaban J connectivity index is 2.07. The number of ketones is 1. The molecule has 0 aromatic rings. The predicted molar refractivity (Wildman–Crippen MR) is 96.5 cm³/mol. The van der Waals surface area contributed by atoms with Crippen molar-refractivity contribution in [2.45, 2.75) is 91.1 Å². The molecule has 2 aliphatic carbocycles. The zero-order chi connectivity index (χ0) is 17.1. The molecule has 132 valence electrons. The fraction of sp³-hybridized carbons (Fsp3) is 0.857. The van der Waals surface area contributed by atoms with Gasteiger partial charge in [0.1, 0.15) is 0 Å². The fourth-order valence-corrected chi connectivity index (χ4v) is 5.54. The monoisotopic (exact) mass is 320 g/mol. The summed E-state index contributed by atoms with van der Waals surface area (Å²) in [6, 6.07) is 0. The third-order valence-corrected chi connectivity index (χ3v) is 7.22. The summed E-state index contributed by atoms with van der Waals surface area (Å²) in [6.45, 7) is 8.83. The molecule has 23 heavy (non-hydrogen) atoms. The molecule has 0 unspecified atom stereocenters. The van der Waals surface area contributed by atoms with Crippen LogP contribution in [0.5, 0.6) is 0 Å². The van der Waals surface area contributed by atoms with E-state index in [9.17, 15) is 4.79 Å². The van der Waals surface area contributed by atoms with Crippen molar-refractivity contribution in [2.75, 3.05) is 7.11 Å². The molecule has 2 saturated carbocycles. The zero-order valence-electron chi connectivity index (χ0n) is 15.9. The highest BCUT2D eigenvalue weighted by Gasteiger charge is 2.58. The smallest absolute Gasteiger partial charge is 0.155 e. The molecule has 2 fully saturated rings. The summed E-state index contributed by atoms with van der Waals surface area (Å²) in [4.78, 5) is 11.7. The minimum atomic E-state index is 0.0684. The average Bonchev–Trinajstić information content (AvgIpc) is 2.87. The molecular weight excluding hydrogens is 284 g/mol. The van der Waals surface area contributed by atoms with E-state index in [1.165, 1.54) is 44.1 Å². The van der Waals surface area contributed by atoms with Crippen LogP contribution in [0, 0.1) is 17.3 Å². The van der Waals surface area contributed by atoms with Crippen LogP contribution in [-0.4, -0.2) is 18.5 Å². The van der Waals surface area contributed by atoms with Crippen LogP contribution in [0.15, 0.2) is 11.6 Å². The standard InChI is InChI=1S/C21H36O2/c1-6-16(15-19(22)7-2)13-17-9-12-21(8-3)18(14-17)10-11-20(21,4)23-5/h15,17-18H,6-14H2,1-5H3/b16-15-/t17-,18+,20+,21+/m1/s1. The van der Waals surface area contributed by atoms with Crippen LogP contribution < -0.4 is 0 Å². The lowest BCUT2D eigenvalue weighted by Gasteiger charge is -2.50. The Morgan fingerprint density at radius 3 is 2.48 bits per heavy atom. The van der Waals surface area contributed by atoms with E-state index in [4.69, 9.17) is 4.74 Å². The average molecular weight is 321 g/mol. The van der Waals surface area contributed by atoms with Gasteiger partial charge in [0.05, 0.1) is 5.60 Å². The Hall–Kier alpha value is -0.630. The minimum Gasteiger partial charge on any atom is -0.378 e. The first-order valence-corrected chi connectivity index (χ1v) is 9.72. The summed E-state index contributed by atoms with van der Waals surface area (Å²) in [7, 11) is 1.90. The predicted octanol–water partition coefficient (Wildman–Crippen LogP) is 5.70. The summed E-state index contributed by atoms with van der Waals surface area (Å²) in [5.74, 6) is 1.85. The van der Waals surface area contributed by atoms with Crippen molar-refractivity contribution in [2.24, 2.45) is 17.3 Å². The topological polar surface area (TPSA) is 26.3 Å².